The van der Waals surface area contributed by atoms with Crippen LogP contribution in [0.4, 0.5) is 11.4 Å². The minimum Gasteiger partial charge on any atom is -0.463 e. The van der Waals surface area contributed by atoms with Crippen molar-refractivity contribution >= 4 is 28.6 Å². The van der Waals surface area contributed by atoms with Gasteiger partial charge < -0.3 is 9.64 Å². The number of rotatable bonds is 6. The number of aliphatic imine (C=N–C) groups is 1. The van der Waals surface area contributed by atoms with Gasteiger partial charge in [-0.1, -0.05) is 18.2 Å². The summed E-state index contributed by atoms with van der Waals surface area (Å²) < 4.78 is 5.24. The minimum atomic E-state index is -0.872. The molecule has 0 spiro atoms. The van der Waals surface area contributed by atoms with Crippen LogP contribution in [0, 0.1) is 5.41 Å². The first-order valence-corrected chi connectivity index (χ1v) is 8.47. The van der Waals surface area contributed by atoms with Crippen molar-refractivity contribution in [2.75, 3.05) is 25.6 Å². The first kappa shape index (κ1) is 18.7. The summed E-state index contributed by atoms with van der Waals surface area (Å²) in [7, 11) is 3.91. The summed E-state index contributed by atoms with van der Waals surface area (Å²) in [6, 6.07) is 16.6. The lowest BCUT2D eigenvalue weighted by Crippen LogP contribution is -2.36. The maximum absolute atomic E-state index is 8.56. The lowest BCUT2D eigenvalue weighted by molar-refractivity contribution is 0.217. The van der Waals surface area contributed by atoms with Crippen LogP contribution in [0.15, 0.2) is 64.7 Å². The molecule has 0 unspecified atom stereocenters. The van der Waals surface area contributed by atoms with Gasteiger partial charge in [0.05, 0.1) is 11.4 Å². The molecular weight excluding hydrogens is 342 g/mol. The highest BCUT2D eigenvalue weighted by Gasteiger charge is 2.29. The molecule has 8 nitrogen and oxygen atoms in total. The number of hydrogen-bond acceptors (Lipinski definition) is 7. The zero-order chi connectivity index (χ0) is 19.4. The summed E-state index contributed by atoms with van der Waals surface area (Å²) in [4.78, 5) is 6.64. The van der Waals surface area contributed by atoms with Gasteiger partial charge in [-0.2, -0.15) is 5.10 Å². The Morgan fingerprint density at radius 3 is 2.37 bits per heavy atom. The van der Waals surface area contributed by atoms with Gasteiger partial charge in [0.15, 0.2) is 5.84 Å². The average Bonchev–Trinajstić information content (AvgIpc) is 2.92. The van der Waals surface area contributed by atoms with E-state index in [0.717, 1.165) is 11.4 Å². The Balaban J connectivity index is 1.91. The standard InChI is InChI=1S/C19H23N7O/c1-25(2)12-16-17(18(20)26(24-16)14-6-4-3-5-7-14)23-13-8-10-15(11-9-13)27-19(21)22/h3-11,19-20H,12,21-22H2,1-2H3. The van der Waals surface area contributed by atoms with Gasteiger partial charge in [0.1, 0.15) is 17.2 Å². The summed E-state index contributed by atoms with van der Waals surface area (Å²) in [5.74, 6) is 0.797. The number of anilines is 1. The molecule has 0 saturated heterocycles. The largest absolute Gasteiger partial charge is 0.463 e. The second kappa shape index (κ2) is 8.09. The summed E-state index contributed by atoms with van der Waals surface area (Å²) in [6.07, 6.45) is -0.872. The molecule has 27 heavy (non-hydrogen) atoms. The smallest absolute Gasteiger partial charge is 0.201 e. The average molecular weight is 365 g/mol. The van der Waals surface area contributed by atoms with E-state index in [1.807, 2.05) is 49.3 Å². The van der Waals surface area contributed by atoms with Crippen LogP contribution in [0.25, 0.3) is 0 Å². The number of hydrogen-bond donors (Lipinski definition) is 3. The van der Waals surface area contributed by atoms with Crippen molar-refractivity contribution in [2.45, 2.75) is 6.35 Å². The van der Waals surface area contributed by atoms with Crippen LogP contribution in [0.1, 0.15) is 0 Å². The number of hydrazone groups is 1. The lowest BCUT2D eigenvalue weighted by atomic mass is 10.2. The number of benzene rings is 2. The first-order valence-electron chi connectivity index (χ1n) is 8.47. The zero-order valence-electron chi connectivity index (χ0n) is 15.3. The molecule has 0 saturated carbocycles. The second-order valence-corrected chi connectivity index (χ2v) is 6.32. The normalized spacial score (nSPS) is 15.8. The molecule has 0 fully saturated rings. The van der Waals surface area contributed by atoms with Crippen molar-refractivity contribution in [3.05, 3.63) is 54.6 Å². The molecule has 0 aromatic heterocycles. The molecule has 2 aromatic carbocycles. The van der Waals surface area contributed by atoms with Gasteiger partial charge in [0.2, 0.25) is 6.35 Å². The fourth-order valence-corrected chi connectivity index (χ4v) is 2.62. The molecule has 0 amide bonds. The summed E-state index contributed by atoms with van der Waals surface area (Å²) >= 11 is 0. The molecule has 5 N–H and O–H groups in total. The van der Waals surface area contributed by atoms with Crippen molar-refractivity contribution in [3.8, 4) is 5.75 Å². The highest BCUT2D eigenvalue weighted by Crippen LogP contribution is 2.23. The van der Waals surface area contributed by atoms with Crippen molar-refractivity contribution in [1.29, 1.82) is 5.41 Å². The third-order valence-corrected chi connectivity index (χ3v) is 3.75. The van der Waals surface area contributed by atoms with Gasteiger partial charge in [-0.15, -0.1) is 0 Å². The van der Waals surface area contributed by atoms with Gasteiger partial charge in [-0.3, -0.25) is 16.9 Å². The van der Waals surface area contributed by atoms with E-state index in [4.69, 9.17) is 21.6 Å². The third-order valence-electron chi connectivity index (χ3n) is 3.75. The van der Waals surface area contributed by atoms with E-state index in [9.17, 15) is 0 Å². The van der Waals surface area contributed by atoms with E-state index in [1.54, 1.807) is 29.3 Å². The van der Waals surface area contributed by atoms with Crippen molar-refractivity contribution < 1.29 is 4.74 Å². The predicted molar refractivity (Wildman–Crippen MR) is 109 cm³/mol. The zero-order valence-corrected chi connectivity index (χ0v) is 15.3. The van der Waals surface area contributed by atoms with Crippen LogP contribution < -0.4 is 21.2 Å². The van der Waals surface area contributed by atoms with E-state index >= 15 is 0 Å². The molecule has 0 atom stereocenters. The Kier molecular flexibility index (Phi) is 5.60. The van der Waals surface area contributed by atoms with Crippen LogP contribution in [-0.2, 0) is 0 Å². The number of para-hydroxylation sites is 1. The predicted octanol–water partition coefficient (Wildman–Crippen LogP) is 1.75. The Morgan fingerprint density at radius 2 is 1.78 bits per heavy atom. The molecule has 2 aromatic rings. The maximum Gasteiger partial charge on any atom is 0.201 e. The molecule has 3 rings (SSSR count). The Hall–Kier alpha value is -3.07. The van der Waals surface area contributed by atoms with E-state index < -0.39 is 6.35 Å². The van der Waals surface area contributed by atoms with Crippen molar-refractivity contribution in [1.82, 2.24) is 4.90 Å². The number of amidine groups is 1. The van der Waals surface area contributed by atoms with E-state index in [2.05, 4.69) is 10.1 Å². The Morgan fingerprint density at radius 1 is 1.11 bits per heavy atom. The quantitative estimate of drug-likeness (QED) is 0.675. The molecule has 8 heteroatoms. The molecule has 0 aliphatic carbocycles. The summed E-state index contributed by atoms with van der Waals surface area (Å²) in [6.45, 7) is 0.577. The topological polar surface area (TPSA) is 116 Å². The number of nitrogens with two attached hydrogens (primary N) is 2. The fourth-order valence-electron chi connectivity index (χ4n) is 2.62. The highest BCUT2D eigenvalue weighted by atomic mass is 16.5. The minimum absolute atomic E-state index is 0.238. The second-order valence-electron chi connectivity index (χ2n) is 6.32. The number of nitrogens with one attached hydrogen (secondary N) is 1. The Bertz CT molecular complexity index is 857. The maximum atomic E-state index is 8.56. The van der Waals surface area contributed by atoms with Gasteiger partial charge in [0.25, 0.3) is 0 Å². The Labute approximate surface area is 158 Å². The van der Waals surface area contributed by atoms with Gasteiger partial charge in [-0.25, -0.2) is 10.0 Å². The summed E-state index contributed by atoms with van der Waals surface area (Å²) in [5, 5.41) is 14.8. The molecule has 1 aliphatic heterocycles. The van der Waals surface area contributed by atoms with Gasteiger partial charge in [-0.05, 0) is 50.5 Å². The number of ether oxygens (including phenoxy) is 1. The van der Waals surface area contributed by atoms with Gasteiger partial charge >= 0.3 is 0 Å². The molecule has 0 bridgehead atoms. The van der Waals surface area contributed by atoms with E-state index in [-0.39, 0.29) is 5.84 Å². The van der Waals surface area contributed by atoms with Crippen LogP contribution in [-0.4, -0.2) is 49.2 Å². The molecule has 1 aliphatic rings. The van der Waals surface area contributed by atoms with E-state index in [0.29, 0.717) is 23.7 Å². The van der Waals surface area contributed by atoms with E-state index in [1.165, 1.54) is 0 Å². The monoisotopic (exact) mass is 365 g/mol. The molecule has 0 radical (unpaired) electrons. The van der Waals surface area contributed by atoms with Gasteiger partial charge in [0, 0.05) is 6.54 Å². The summed E-state index contributed by atoms with van der Waals surface area (Å²) in [5.41, 5.74) is 13.6. The highest BCUT2D eigenvalue weighted by molar-refractivity contribution is 6.73. The van der Waals surface area contributed by atoms with Crippen LogP contribution >= 0.6 is 0 Å². The number of nitrogens with zero attached hydrogens (tertiary/aromatic N) is 4. The van der Waals surface area contributed by atoms with Crippen LogP contribution in [0.5, 0.6) is 5.75 Å². The lowest BCUT2D eigenvalue weighted by Gasteiger charge is -2.13. The van der Waals surface area contributed by atoms with Crippen molar-refractivity contribution in [3.63, 3.8) is 0 Å². The van der Waals surface area contributed by atoms with Crippen molar-refractivity contribution in [2.24, 2.45) is 21.6 Å². The first-order chi connectivity index (χ1) is 12.9. The third kappa shape index (κ3) is 4.56. The van der Waals surface area contributed by atoms with Crippen LogP contribution in [0.3, 0.4) is 0 Å². The molecule has 1 heterocycles. The fraction of sp³-hybridized carbons (Fsp3) is 0.211. The van der Waals surface area contributed by atoms with Crippen LogP contribution in [0.2, 0.25) is 0 Å². The molecular formula is C19H23N7O. The SMILES string of the molecule is CN(C)CC1=NN(c2ccccc2)C(=N)C1=Nc1ccc(OC(N)N)cc1. The molecule has 140 valence electrons.